The summed E-state index contributed by atoms with van der Waals surface area (Å²) in [6, 6.07) is 5.64. The van der Waals surface area contributed by atoms with Crippen molar-refractivity contribution < 1.29 is 4.79 Å². The van der Waals surface area contributed by atoms with Gasteiger partial charge in [0.15, 0.2) is 0 Å². The van der Waals surface area contributed by atoms with Crippen molar-refractivity contribution in [3.05, 3.63) is 30.6 Å². The number of hydrogen-bond acceptors (Lipinski definition) is 2. The molecule has 0 saturated heterocycles. The molecule has 0 bridgehead atoms. The SMILES string of the molecule is O=C(CCCBr)Nc1ccn2nccc2c1. The van der Waals surface area contributed by atoms with E-state index in [0.29, 0.717) is 6.42 Å². The average molecular weight is 282 g/mol. The van der Waals surface area contributed by atoms with E-state index in [1.54, 1.807) is 10.7 Å². The maximum atomic E-state index is 11.5. The highest BCUT2D eigenvalue weighted by Crippen LogP contribution is 2.11. The van der Waals surface area contributed by atoms with Crippen molar-refractivity contribution in [1.82, 2.24) is 9.61 Å². The van der Waals surface area contributed by atoms with Crippen LogP contribution in [0.3, 0.4) is 0 Å². The lowest BCUT2D eigenvalue weighted by Crippen LogP contribution is -2.11. The van der Waals surface area contributed by atoms with Crippen LogP contribution in [-0.4, -0.2) is 20.9 Å². The molecule has 2 heterocycles. The van der Waals surface area contributed by atoms with Crippen LogP contribution < -0.4 is 5.32 Å². The van der Waals surface area contributed by atoms with Crippen molar-refractivity contribution in [2.45, 2.75) is 12.8 Å². The van der Waals surface area contributed by atoms with E-state index < -0.39 is 0 Å². The zero-order chi connectivity index (χ0) is 11.4. The van der Waals surface area contributed by atoms with Gasteiger partial charge in [-0.25, -0.2) is 4.52 Å². The zero-order valence-corrected chi connectivity index (χ0v) is 10.3. The number of pyridine rings is 1. The largest absolute Gasteiger partial charge is 0.326 e. The van der Waals surface area contributed by atoms with Crippen LogP contribution in [0.15, 0.2) is 30.6 Å². The fourth-order valence-electron chi connectivity index (χ4n) is 1.45. The molecule has 4 nitrogen and oxygen atoms in total. The average Bonchev–Trinajstić information content (AvgIpc) is 2.73. The van der Waals surface area contributed by atoms with Crippen molar-refractivity contribution in [3.8, 4) is 0 Å². The van der Waals surface area contributed by atoms with Gasteiger partial charge in [0.2, 0.25) is 5.91 Å². The molecule has 1 amide bonds. The molecule has 2 aromatic heterocycles. The number of alkyl halides is 1. The van der Waals surface area contributed by atoms with Crippen molar-refractivity contribution >= 4 is 33.0 Å². The second-order valence-electron chi connectivity index (χ2n) is 3.46. The van der Waals surface area contributed by atoms with Crippen molar-refractivity contribution in [2.24, 2.45) is 0 Å². The van der Waals surface area contributed by atoms with Crippen LogP contribution in [-0.2, 0) is 4.79 Å². The Kier molecular flexibility index (Phi) is 3.56. The molecule has 0 spiro atoms. The molecule has 0 aromatic carbocycles. The van der Waals surface area contributed by atoms with E-state index in [-0.39, 0.29) is 5.91 Å². The van der Waals surface area contributed by atoms with Crippen LogP contribution in [0.5, 0.6) is 0 Å². The number of carbonyl (C=O) groups excluding carboxylic acids is 1. The fraction of sp³-hybridized carbons (Fsp3) is 0.273. The number of fused-ring (bicyclic) bond motifs is 1. The van der Waals surface area contributed by atoms with Gasteiger partial charge in [-0.3, -0.25) is 4.79 Å². The van der Waals surface area contributed by atoms with Gasteiger partial charge in [0.25, 0.3) is 0 Å². The van der Waals surface area contributed by atoms with Crippen LogP contribution >= 0.6 is 15.9 Å². The summed E-state index contributed by atoms with van der Waals surface area (Å²) < 4.78 is 1.76. The van der Waals surface area contributed by atoms with Crippen molar-refractivity contribution in [3.63, 3.8) is 0 Å². The number of hydrogen-bond donors (Lipinski definition) is 1. The highest BCUT2D eigenvalue weighted by molar-refractivity contribution is 9.09. The first-order valence-corrected chi connectivity index (χ1v) is 6.21. The number of aromatic nitrogens is 2. The maximum Gasteiger partial charge on any atom is 0.224 e. The van der Waals surface area contributed by atoms with Gasteiger partial charge in [-0.05, 0) is 24.6 Å². The molecule has 2 rings (SSSR count). The van der Waals surface area contributed by atoms with Crippen LogP contribution in [0.1, 0.15) is 12.8 Å². The Bertz CT molecular complexity index is 495. The van der Waals surface area contributed by atoms with Gasteiger partial charge < -0.3 is 5.32 Å². The summed E-state index contributed by atoms with van der Waals surface area (Å²) in [5.74, 6) is 0.0447. The van der Waals surface area contributed by atoms with E-state index in [2.05, 4.69) is 26.3 Å². The van der Waals surface area contributed by atoms with Gasteiger partial charge in [0.1, 0.15) is 0 Å². The Morgan fingerprint density at radius 1 is 1.50 bits per heavy atom. The van der Waals surface area contributed by atoms with Gasteiger partial charge in [-0.1, -0.05) is 15.9 Å². The lowest BCUT2D eigenvalue weighted by Gasteiger charge is -2.04. The molecule has 2 aromatic rings. The molecule has 84 valence electrons. The Balaban J connectivity index is 2.06. The van der Waals surface area contributed by atoms with Crippen LogP contribution in [0.2, 0.25) is 0 Å². The predicted molar refractivity (Wildman–Crippen MR) is 66.8 cm³/mol. The van der Waals surface area contributed by atoms with E-state index in [0.717, 1.165) is 23.0 Å². The first kappa shape index (κ1) is 11.1. The van der Waals surface area contributed by atoms with Crippen molar-refractivity contribution in [2.75, 3.05) is 10.6 Å². The number of nitrogens with one attached hydrogen (secondary N) is 1. The monoisotopic (exact) mass is 281 g/mol. The summed E-state index contributed by atoms with van der Waals surface area (Å²) in [5.41, 5.74) is 1.78. The second-order valence-corrected chi connectivity index (χ2v) is 4.25. The van der Waals surface area contributed by atoms with Gasteiger partial charge in [-0.2, -0.15) is 5.10 Å². The van der Waals surface area contributed by atoms with Gasteiger partial charge in [-0.15, -0.1) is 0 Å². The minimum Gasteiger partial charge on any atom is -0.326 e. The van der Waals surface area contributed by atoms with Gasteiger partial charge in [0, 0.05) is 29.8 Å². The first-order chi connectivity index (χ1) is 7.79. The fourth-order valence-corrected chi connectivity index (χ4v) is 1.73. The third kappa shape index (κ3) is 2.61. The molecule has 1 N–H and O–H groups in total. The maximum absolute atomic E-state index is 11.5. The van der Waals surface area contributed by atoms with E-state index in [9.17, 15) is 4.79 Å². The summed E-state index contributed by atoms with van der Waals surface area (Å²) in [7, 11) is 0. The molecule has 0 aliphatic heterocycles. The van der Waals surface area contributed by atoms with Crippen molar-refractivity contribution in [1.29, 1.82) is 0 Å². The molecule has 0 saturated carbocycles. The first-order valence-electron chi connectivity index (χ1n) is 5.09. The summed E-state index contributed by atoms with van der Waals surface area (Å²) in [6.07, 6.45) is 4.94. The van der Waals surface area contributed by atoms with Crippen LogP contribution in [0.25, 0.3) is 5.52 Å². The molecule has 0 fully saturated rings. The zero-order valence-electron chi connectivity index (χ0n) is 8.69. The normalized spacial score (nSPS) is 10.6. The molecule has 16 heavy (non-hydrogen) atoms. The lowest BCUT2D eigenvalue weighted by molar-refractivity contribution is -0.116. The molecule has 0 aliphatic carbocycles. The topological polar surface area (TPSA) is 46.4 Å². The molecule has 0 atom stereocenters. The molecular weight excluding hydrogens is 270 g/mol. The lowest BCUT2D eigenvalue weighted by atomic mass is 10.3. The minimum atomic E-state index is 0.0447. The van der Waals surface area contributed by atoms with Crippen LogP contribution in [0.4, 0.5) is 5.69 Å². The van der Waals surface area contributed by atoms with Gasteiger partial charge in [0.05, 0.1) is 5.52 Å². The molecule has 5 heteroatoms. The Morgan fingerprint density at radius 3 is 3.19 bits per heavy atom. The third-order valence-corrected chi connectivity index (χ3v) is 2.78. The number of carbonyl (C=O) groups is 1. The number of anilines is 1. The van der Waals surface area contributed by atoms with E-state index in [1.165, 1.54) is 0 Å². The third-order valence-electron chi connectivity index (χ3n) is 2.22. The summed E-state index contributed by atoms with van der Waals surface area (Å²) in [5, 5.41) is 7.79. The smallest absolute Gasteiger partial charge is 0.224 e. The minimum absolute atomic E-state index is 0.0447. The number of amides is 1. The van der Waals surface area contributed by atoms with Crippen LogP contribution in [0, 0.1) is 0 Å². The van der Waals surface area contributed by atoms with Gasteiger partial charge >= 0.3 is 0 Å². The molecule has 0 radical (unpaired) electrons. The quantitative estimate of drug-likeness (QED) is 0.875. The number of nitrogens with zero attached hydrogens (tertiary/aromatic N) is 2. The van der Waals surface area contributed by atoms with E-state index in [4.69, 9.17) is 0 Å². The summed E-state index contributed by atoms with van der Waals surface area (Å²) in [6.45, 7) is 0. The van der Waals surface area contributed by atoms with E-state index in [1.807, 2.05) is 24.4 Å². The Hall–Kier alpha value is -1.36. The second kappa shape index (κ2) is 5.12. The molecule has 0 unspecified atom stereocenters. The highest BCUT2D eigenvalue weighted by Gasteiger charge is 2.02. The molecule has 0 aliphatic rings. The standard InChI is InChI=1S/C11H12BrN3O/c12-5-1-2-11(16)14-9-4-7-15-10(8-9)3-6-13-15/h3-4,6-8H,1-2,5H2,(H,14,16). The number of rotatable bonds is 4. The summed E-state index contributed by atoms with van der Waals surface area (Å²) in [4.78, 5) is 11.5. The number of halogens is 1. The predicted octanol–water partition coefficient (Wildman–Crippen LogP) is 2.45. The Labute approximate surface area is 102 Å². The Morgan fingerprint density at radius 2 is 2.38 bits per heavy atom. The van der Waals surface area contributed by atoms with E-state index >= 15 is 0 Å². The molecular formula is C11H12BrN3O. The highest BCUT2D eigenvalue weighted by atomic mass is 79.9. The summed E-state index contributed by atoms with van der Waals surface area (Å²) >= 11 is 3.30.